The molecule has 0 N–H and O–H groups in total. The van der Waals surface area contributed by atoms with E-state index in [1.54, 1.807) is 6.20 Å². The van der Waals surface area contributed by atoms with Crippen molar-refractivity contribution in [3.8, 4) is 5.75 Å². The second kappa shape index (κ2) is 5.48. The maximum absolute atomic E-state index is 12.2. The summed E-state index contributed by atoms with van der Waals surface area (Å²) in [5.74, 6) is 0.780. The fraction of sp³-hybridized carbons (Fsp3) is 0.400. The molecule has 1 aromatic heterocycles. The van der Waals surface area contributed by atoms with Gasteiger partial charge in [0.25, 0.3) is 0 Å². The molecule has 108 valence electrons. The number of rotatable bonds is 2. The number of fused-ring (bicyclic) bond motifs is 1. The molecular formula is C15H18BrNO3. The number of hydrogen-bond donors (Lipinski definition) is 0. The Kier molecular flexibility index (Phi) is 4.09. The van der Waals surface area contributed by atoms with E-state index < -0.39 is 11.7 Å². The lowest BCUT2D eigenvalue weighted by Crippen LogP contribution is -2.26. The summed E-state index contributed by atoms with van der Waals surface area (Å²) < 4.78 is 13.2. The number of aromatic nitrogens is 1. The largest absolute Gasteiger partial charge is 0.494 e. The van der Waals surface area contributed by atoms with Crippen molar-refractivity contribution in [3.05, 3.63) is 28.9 Å². The van der Waals surface area contributed by atoms with Crippen molar-refractivity contribution < 1.29 is 14.3 Å². The number of halogens is 1. The third kappa shape index (κ3) is 3.15. The van der Waals surface area contributed by atoms with Crippen LogP contribution in [0.2, 0.25) is 0 Å². The van der Waals surface area contributed by atoms with Gasteiger partial charge in [-0.25, -0.2) is 4.79 Å². The third-order valence-corrected chi connectivity index (χ3v) is 3.26. The van der Waals surface area contributed by atoms with Crippen LogP contribution in [0.4, 0.5) is 4.79 Å². The number of carbonyl (C=O) groups is 1. The van der Waals surface area contributed by atoms with E-state index in [9.17, 15) is 4.79 Å². The zero-order chi connectivity index (χ0) is 14.9. The molecule has 0 bridgehead atoms. The van der Waals surface area contributed by atoms with Crippen molar-refractivity contribution in [2.24, 2.45) is 0 Å². The molecule has 0 spiro atoms. The molecule has 5 heteroatoms. The third-order valence-electron chi connectivity index (χ3n) is 2.63. The SMILES string of the molecule is CCOc1ccc2c(c1)c(Br)cn2C(=O)OC(C)(C)C. The van der Waals surface area contributed by atoms with Gasteiger partial charge in [0, 0.05) is 16.1 Å². The molecule has 1 aromatic carbocycles. The summed E-state index contributed by atoms with van der Waals surface area (Å²) in [6.45, 7) is 8.08. The first-order valence-electron chi connectivity index (χ1n) is 6.48. The Hall–Kier alpha value is -1.49. The molecule has 4 nitrogen and oxygen atoms in total. The molecule has 0 fully saturated rings. The Morgan fingerprint density at radius 3 is 2.65 bits per heavy atom. The van der Waals surface area contributed by atoms with Gasteiger partial charge in [0.05, 0.1) is 12.1 Å². The monoisotopic (exact) mass is 339 g/mol. The zero-order valence-corrected chi connectivity index (χ0v) is 13.7. The Morgan fingerprint density at radius 2 is 2.05 bits per heavy atom. The van der Waals surface area contributed by atoms with Crippen molar-refractivity contribution in [1.29, 1.82) is 0 Å². The quantitative estimate of drug-likeness (QED) is 0.803. The predicted molar refractivity (Wildman–Crippen MR) is 82.4 cm³/mol. The van der Waals surface area contributed by atoms with Crippen molar-refractivity contribution in [3.63, 3.8) is 0 Å². The fourth-order valence-electron chi connectivity index (χ4n) is 1.89. The van der Waals surface area contributed by atoms with Gasteiger partial charge in [-0.3, -0.25) is 4.57 Å². The van der Waals surface area contributed by atoms with Crippen LogP contribution in [0, 0.1) is 0 Å². The van der Waals surface area contributed by atoms with Crippen molar-refractivity contribution in [1.82, 2.24) is 4.57 Å². The van der Waals surface area contributed by atoms with Crippen LogP contribution in [-0.4, -0.2) is 22.9 Å². The number of nitrogens with zero attached hydrogens (tertiary/aromatic N) is 1. The smallest absolute Gasteiger partial charge is 0.419 e. The lowest BCUT2D eigenvalue weighted by Gasteiger charge is -2.19. The molecule has 0 saturated heterocycles. The highest BCUT2D eigenvalue weighted by molar-refractivity contribution is 9.10. The molecule has 0 aliphatic carbocycles. The topological polar surface area (TPSA) is 40.5 Å². The van der Waals surface area contributed by atoms with Crippen molar-refractivity contribution >= 4 is 32.9 Å². The summed E-state index contributed by atoms with van der Waals surface area (Å²) >= 11 is 3.47. The average Bonchev–Trinajstić information content (AvgIpc) is 2.65. The van der Waals surface area contributed by atoms with Crippen LogP contribution >= 0.6 is 15.9 Å². The molecule has 0 aliphatic rings. The molecule has 0 amide bonds. The highest BCUT2D eigenvalue weighted by Gasteiger charge is 2.20. The lowest BCUT2D eigenvalue weighted by molar-refractivity contribution is 0.0544. The summed E-state index contributed by atoms with van der Waals surface area (Å²) in [6.07, 6.45) is 1.33. The fourth-order valence-corrected chi connectivity index (χ4v) is 2.41. The van der Waals surface area contributed by atoms with E-state index in [4.69, 9.17) is 9.47 Å². The van der Waals surface area contributed by atoms with Gasteiger partial charge >= 0.3 is 6.09 Å². The maximum Gasteiger partial charge on any atom is 0.419 e. The van der Waals surface area contributed by atoms with Gasteiger partial charge in [0.1, 0.15) is 11.4 Å². The molecule has 2 rings (SSSR count). The van der Waals surface area contributed by atoms with Crippen LogP contribution in [-0.2, 0) is 4.74 Å². The van der Waals surface area contributed by atoms with E-state index in [0.717, 1.165) is 21.1 Å². The number of ether oxygens (including phenoxy) is 2. The minimum atomic E-state index is -0.522. The molecule has 20 heavy (non-hydrogen) atoms. The van der Waals surface area contributed by atoms with Gasteiger partial charge < -0.3 is 9.47 Å². The van der Waals surface area contributed by atoms with Crippen LogP contribution in [0.1, 0.15) is 27.7 Å². The van der Waals surface area contributed by atoms with Gasteiger partial charge in [0.15, 0.2) is 0 Å². The Bertz CT molecular complexity index is 640. The number of carbonyl (C=O) groups excluding carboxylic acids is 1. The van der Waals surface area contributed by atoms with Gasteiger partial charge in [-0.1, -0.05) is 0 Å². The highest BCUT2D eigenvalue weighted by Crippen LogP contribution is 2.30. The summed E-state index contributed by atoms with van der Waals surface area (Å²) in [7, 11) is 0. The molecule has 0 saturated carbocycles. The first-order valence-corrected chi connectivity index (χ1v) is 7.28. The van der Waals surface area contributed by atoms with Gasteiger partial charge in [0.2, 0.25) is 0 Å². The Balaban J connectivity index is 2.43. The molecule has 0 aliphatic heterocycles. The van der Waals surface area contributed by atoms with Gasteiger partial charge in [-0.15, -0.1) is 0 Å². The van der Waals surface area contributed by atoms with E-state index in [1.807, 2.05) is 45.9 Å². The lowest BCUT2D eigenvalue weighted by atomic mass is 10.2. The van der Waals surface area contributed by atoms with Crippen molar-refractivity contribution in [2.45, 2.75) is 33.3 Å². The Morgan fingerprint density at radius 1 is 1.35 bits per heavy atom. The standard InChI is InChI=1S/C15H18BrNO3/c1-5-19-10-6-7-13-11(8-10)12(16)9-17(13)14(18)20-15(2,3)4/h6-9H,5H2,1-4H3. The first-order chi connectivity index (χ1) is 9.31. The molecular weight excluding hydrogens is 322 g/mol. The second-order valence-corrected chi connectivity index (χ2v) is 6.29. The summed E-state index contributed by atoms with van der Waals surface area (Å²) in [5, 5.41) is 0.918. The van der Waals surface area contributed by atoms with Gasteiger partial charge in [-0.05, 0) is 61.8 Å². The van der Waals surface area contributed by atoms with Crippen LogP contribution in [0.3, 0.4) is 0 Å². The highest BCUT2D eigenvalue weighted by atomic mass is 79.9. The van der Waals surface area contributed by atoms with E-state index >= 15 is 0 Å². The first kappa shape index (κ1) is 14.9. The van der Waals surface area contributed by atoms with Crippen LogP contribution in [0.5, 0.6) is 5.75 Å². The Labute approximate surface area is 126 Å². The van der Waals surface area contributed by atoms with Gasteiger partial charge in [-0.2, -0.15) is 0 Å². The zero-order valence-electron chi connectivity index (χ0n) is 12.1. The normalized spacial score (nSPS) is 11.7. The minimum Gasteiger partial charge on any atom is -0.494 e. The summed E-state index contributed by atoms with van der Waals surface area (Å²) in [6, 6.07) is 5.61. The molecule has 0 unspecified atom stereocenters. The predicted octanol–water partition coefficient (Wildman–Crippen LogP) is 4.59. The van der Waals surface area contributed by atoms with E-state index in [-0.39, 0.29) is 0 Å². The summed E-state index contributed by atoms with van der Waals surface area (Å²) in [5.41, 5.74) is 0.264. The molecule has 2 aromatic rings. The van der Waals surface area contributed by atoms with Crippen LogP contribution < -0.4 is 4.74 Å². The minimum absolute atomic E-state index is 0.391. The number of benzene rings is 1. The number of hydrogen-bond acceptors (Lipinski definition) is 3. The average molecular weight is 340 g/mol. The second-order valence-electron chi connectivity index (χ2n) is 5.44. The van der Waals surface area contributed by atoms with E-state index in [2.05, 4.69) is 15.9 Å². The molecule has 0 atom stereocenters. The molecule has 0 radical (unpaired) electrons. The summed E-state index contributed by atoms with van der Waals surface area (Å²) in [4.78, 5) is 12.2. The van der Waals surface area contributed by atoms with Crippen molar-refractivity contribution in [2.75, 3.05) is 6.61 Å². The van der Waals surface area contributed by atoms with E-state index in [0.29, 0.717) is 6.61 Å². The van der Waals surface area contributed by atoms with Crippen LogP contribution in [0.25, 0.3) is 10.9 Å². The van der Waals surface area contributed by atoms with Crippen LogP contribution in [0.15, 0.2) is 28.9 Å². The molecule has 1 heterocycles. The maximum atomic E-state index is 12.2. The van der Waals surface area contributed by atoms with E-state index in [1.165, 1.54) is 4.57 Å².